The van der Waals surface area contributed by atoms with Gasteiger partial charge in [-0.2, -0.15) is 0 Å². The van der Waals surface area contributed by atoms with Crippen LogP contribution in [0.25, 0.3) is 0 Å². The third kappa shape index (κ3) is 14.9. The Kier molecular flexibility index (Phi) is 14.5. The first-order chi connectivity index (χ1) is 11.9. The fourth-order valence-corrected chi connectivity index (χ4v) is 3.05. The van der Waals surface area contributed by atoms with Gasteiger partial charge in [-0.05, 0) is 49.9 Å². The van der Waals surface area contributed by atoms with E-state index in [-0.39, 0.29) is 12.5 Å². The number of unbranched alkanes of at least 4 members (excludes halogenated alkanes) is 3. The van der Waals surface area contributed by atoms with E-state index in [1.165, 1.54) is 12.8 Å². The van der Waals surface area contributed by atoms with Crippen molar-refractivity contribution < 1.29 is 15.0 Å². The van der Waals surface area contributed by atoms with Gasteiger partial charge in [0.1, 0.15) is 0 Å². The maximum absolute atomic E-state index is 10.5. The summed E-state index contributed by atoms with van der Waals surface area (Å²) in [5.74, 6) is 0.930. The second kappa shape index (κ2) is 15.2. The van der Waals surface area contributed by atoms with Crippen LogP contribution in [-0.4, -0.2) is 22.3 Å². The van der Waals surface area contributed by atoms with Crippen molar-refractivity contribution in [2.75, 3.05) is 0 Å². The van der Waals surface area contributed by atoms with Gasteiger partial charge in [-0.3, -0.25) is 4.79 Å². The van der Waals surface area contributed by atoms with E-state index in [9.17, 15) is 9.90 Å². The van der Waals surface area contributed by atoms with Crippen LogP contribution in [-0.2, 0) is 4.79 Å². The first-order valence-electron chi connectivity index (χ1n) is 10.1. The Bertz CT molecular complexity index is 385. The van der Waals surface area contributed by atoms with Crippen LogP contribution in [0.1, 0.15) is 85.5 Å². The monoisotopic (exact) mass is 352 g/mol. The Labute approximate surface area is 155 Å². The fraction of sp³-hybridized carbons (Fsp3) is 0.773. The number of aliphatic carboxylic acids is 1. The van der Waals surface area contributed by atoms with Crippen molar-refractivity contribution in [2.45, 2.75) is 91.6 Å². The summed E-state index contributed by atoms with van der Waals surface area (Å²) in [6.07, 6.45) is 16.4. The van der Waals surface area contributed by atoms with Gasteiger partial charge in [0.15, 0.2) is 0 Å². The van der Waals surface area contributed by atoms with Gasteiger partial charge in [0.05, 0.1) is 6.10 Å². The molecule has 0 aliphatic heterocycles. The van der Waals surface area contributed by atoms with Gasteiger partial charge in [0, 0.05) is 6.42 Å². The molecule has 0 aromatic heterocycles. The van der Waals surface area contributed by atoms with Crippen molar-refractivity contribution in [3.05, 3.63) is 24.3 Å². The molecule has 0 aromatic carbocycles. The first-order valence-corrected chi connectivity index (χ1v) is 10.1. The average Bonchev–Trinajstić information content (AvgIpc) is 2.54. The van der Waals surface area contributed by atoms with Crippen LogP contribution in [0, 0.1) is 17.8 Å². The van der Waals surface area contributed by atoms with E-state index in [2.05, 4.69) is 45.9 Å². The molecule has 2 N–H and O–H groups in total. The Balaban J connectivity index is 4.38. The lowest BCUT2D eigenvalue weighted by molar-refractivity contribution is -0.137. The van der Waals surface area contributed by atoms with Crippen molar-refractivity contribution in [1.82, 2.24) is 0 Å². The highest BCUT2D eigenvalue weighted by molar-refractivity contribution is 5.66. The Morgan fingerprint density at radius 3 is 2.36 bits per heavy atom. The number of rotatable bonds is 15. The summed E-state index contributed by atoms with van der Waals surface area (Å²) in [6.45, 7) is 8.91. The molecule has 0 rings (SSSR count). The first kappa shape index (κ1) is 23.9. The molecule has 0 amide bonds. The summed E-state index contributed by atoms with van der Waals surface area (Å²) >= 11 is 0. The van der Waals surface area contributed by atoms with Crippen molar-refractivity contribution in [2.24, 2.45) is 17.8 Å². The van der Waals surface area contributed by atoms with Crippen molar-refractivity contribution in [1.29, 1.82) is 0 Å². The molecule has 0 saturated heterocycles. The molecule has 0 aliphatic rings. The van der Waals surface area contributed by atoms with E-state index in [0.717, 1.165) is 32.1 Å². The normalized spacial score (nSPS) is 15.9. The minimum absolute atomic E-state index is 0.245. The molecule has 3 heteroatoms. The topological polar surface area (TPSA) is 57.5 Å². The van der Waals surface area contributed by atoms with Crippen LogP contribution in [0.5, 0.6) is 0 Å². The van der Waals surface area contributed by atoms with Crippen molar-refractivity contribution in [3.8, 4) is 0 Å². The van der Waals surface area contributed by atoms with Crippen LogP contribution >= 0.6 is 0 Å². The molecule has 0 aliphatic carbocycles. The molecule has 0 bridgehead atoms. The lowest BCUT2D eigenvalue weighted by Crippen LogP contribution is -2.13. The maximum atomic E-state index is 10.5. The van der Waals surface area contributed by atoms with Gasteiger partial charge in [0.25, 0.3) is 0 Å². The second-order valence-electron chi connectivity index (χ2n) is 7.69. The summed E-state index contributed by atoms with van der Waals surface area (Å²) in [6, 6.07) is 0. The van der Waals surface area contributed by atoms with Crippen molar-refractivity contribution >= 4 is 5.97 Å². The lowest BCUT2D eigenvalue weighted by atomic mass is 9.83. The van der Waals surface area contributed by atoms with E-state index in [4.69, 9.17) is 5.11 Å². The standard InChI is InChI=1S/C22H40O3/c1-5-6-9-13-21(23)16-15-19(4)20(17-18(2)3)12-10-7-8-11-14-22(24)25/h7,10,15-16,18-21,23H,5-6,8-9,11-14,17H2,1-4H3,(H,24,25)/b10-7-,16-15+/t19-,20+,21+/m1/s1. The number of aliphatic hydroxyl groups excluding tert-OH is 1. The van der Waals surface area contributed by atoms with Gasteiger partial charge in [-0.25, -0.2) is 0 Å². The summed E-state index contributed by atoms with van der Waals surface area (Å²) < 4.78 is 0. The molecule has 0 heterocycles. The zero-order chi connectivity index (χ0) is 19.1. The number of carbonyl (C=O) groups is 1. The zero-order valence-corrected chi connectivity index (χ0v) is 16.8. The highest BCUT2D eigenvalue weighted by Gasteiger charge is 2.15. The van der Waals surface area contributed by atoms with Gasteiger partial charge in [-0.1, -0.05) is 71.3 Å². The van der Waals surface area contributed by atoms with Crippen molar-refractivity contribution in [3.63, 3.8) is 0 Å². The van der Waals surface area contributed by atoms with Crippen LogP contribution in [0.4, 0.5) is 0 Å². The molecular weight excluding hydrogens is 312 g/mol. The summed E-state index contributed by atoms with van der Waals surface area (Å²) in [7, 11) is 0. The third-order valence-corrected chi connectivity index (χ3v) is 4.62. The molecule has 0 saturated carbocycles. The van der Waals surface area contributed by atoms with Gasteiger partial charge in [-0.15, -0.1) is 0 Å². The molecule has 3 nitrogen and oxygen atoms in total. The van der Waals surface area contributed by atoms with Crippen LogP contribution < -0.4 is 0 Å². The molecule has 3 atom stereocenters. The number of hydrogen-bond acceptors (Lipinski definition) is 2. The third-order valence-electron chi connectivity index (χ3n) is 4.62. The lowest BCUT2D eigenvalue weighted by Gasteiger charge is -2.22. The zero-order valence-electron chi connectivity index (χ0n) is 16.8. The Morgan fingerprint density at radius 2 is 1.76 bits per heavy atom. The molecular formula is C22H40O3. The van der Waals surface area contributed by atoms with Crippen LogP contribution in [0.3, 0.4) is 0 Å². The number of hydrogen-bond donors (Lipinski definition) is 2. The summed E-state index contributed by atoms with van der Waals surface area (Å²) in [5, 5.41) is 18.7. The average molecular weight is 353 g/mol. The summed E-state index contributed by atoms with van der Waals surface area (Å²) in [5.41, 5.74) is 0. The summed E-state index contributed by atoms with van der Waals surface area (Å²) in [4.78, 5) is 10.5. The van der Waals surface area contributed by atoms with Crippen LogP contribution in [0.15, 0.2) is 24.3 Å². The molecule has 0 spiro atoms. The second-order valence-corrected chi connectivity index (χ2v) is 7.69. The van der Waals surface area contributed by atoms with E-state index in [1.54, 1.807) is 0 Å². The SMILES string of the molecule is CCCCC[C@H](O)/C=C/[C@@H](C)[C@@H](C/C=C\CCCC(=O)O)CC(C)C. The van der Waals surface area contributed by atoms with Gasteiger partial charge in [0.2, 0.25) is 0 Å². The van der Waals surface area contributed by atoms with Gasteiger partial charge < -0.3 is 10.2 Å². The number of carboxylic acids is 1. The predicted octanol–water partition coefficient (Wildman–Crippen LogP) is 5.98. The maximum Gasteiger partial charge on any atom is 0.303 e. The largest absolute Gasteiger partial charge is 0.481 e. The number of carboxylic acid groups (broad SMARTS) is 1. The molecule has 0 aromatic rings. The highest BCUT2D eigenvalue weighted by Crippen LogP contribution is 2.26. The highest BCUT2D eigenvalue weighted by atomic mass is 16.4. The van der Waals surface area contributed by atoms with E-state index < -0.39 is 5.97 Å². The Morgan fingerprint density at radius 1 is 1.04 bits per heavy atom. The number of aliphatic hydroxyl groups is 1. The minimum Gasteiger partial charge on any atom is -0.481 e. The molecule has 25 heavy (non-hydrogen) atoms. The van der Waals surface area contributed by atoms with Gasteiger partial charge >= 0.3 is 5.97 Å². The molecule has 146 valence electrons. The van der Waals surface area contributed by atoms with E-state index in [0.29, 0.717) is 24.2 Å². The minimum atomic E-state index is -0.720. The predicted molar refractivity (Wildman–Crippen MR) is 107 cm³/mol. The fourth-order valence-electron chi connectivity index (χ4n) is 3.05. The smallest absolute Gasteiger partial charge is 0.303 e. The number of allylic oxidation sites excluding steroid dienone is 3. The quantitative estimate of drug-likeness (QED) is 0.281. The molecule has 0 unspecified atom stereocenters. The van der Waals surface area contributed by atoms with E-state index >= 15 is 0 Å². The molecule has 0 fully saturated rings. The Hall–Kier alpha value is -1.09. The molecule has 0 radical (unpaired) electrons. The van der Waals surface area contributed by atoms with Crippen LogP contribution in [0.2, 0.25) is 0 Å². The van der Waals surface area contributed by atoms with E-state index in [1.807, 2.05) is 6.08 Å².